The lowest BCUT2D eigenvalue weighted by atomic mass is 10.1. The number of hydrogen-bond donors (Lipinski definition) is 4. The summed E-state index contributed by atoms with van der Waals surface area (Å²) in [5.41, 5.74) is 1.55. The quantitative estimate of drug-likeness (QED) is 0.519. The Bertz CT molecular complexity index is 575. The highest BCUT2D eigenvalue weighted by Crippen LogP contribution is 2.13. The number of hydrogen-bond acceptors (Lipinski definition) is 3. The number of carbonyl (C=O) groups excluding carboxylic acids is 2. The van der Waals surface area contributed by atoms with Gasteiger partial charge in [0.2, 0.25) is 5.91 Å². The van der Waals surface area contributed by atoms with Crippen molar-refractivity contribution < 1.29 is 19.5 Å². The number of anilines is 1. The number of amides is 3. The summed E-state index contributed by atoms with van der Waals surface area (Å²) in [5.74, 6) is -0.962. The first-order valence-electron chi connectivity index (χ1n) is 8.05. The maximum atomic E-state index is 11.9. The van der Waals surface area contributed by atoms with E-state index >= 15 is 0 Å². The molecule has 7 heteroatoms. The summed E-state index contributed by atoms with van der Waals surface area (Å²) >= 11 is 0. The van der Waals surface area contributed by atoms with Crippen molar-refractivity contribution in [3.8, 4) is 0 Å². The largest absolute Gasteiger partial charge is 0.481 e. The lowest BCUT2D eigenvalue weighted by Crippen LogP contribution is -2.35. The molecule has 3 amide bonds. The summed E-state index contributed by atoms with van der Waals surface area (Å²) in [7, 11) is 0. The predicted molar refractivity (Wildman–Crippen MR) is 91.6 cm³/mol. The van der Waals surface area contributed by atoms with E-state index in [-0.39, 0.29) is 24.3 Å². The fourth-order valence-electron chi connectivity index (χ4n) is 1.90. The molecule has 0 aliphatic rings. The lowest BCUT2D eigenvalue weighted by molar-refractivity contribution is -0.137. The summed E-state index contributed by atoms with van der Waals surface area (Å²) in [6, 6.07) is 6.92. The Balaban J connectivity index is 2.40. The molecule has 24 heavy (non-hydrogen) atoms. The first-order valence-corrected chi connectivity index (χ1v) is 8.05. The third-order valence-electron chi connectivity index (χ3n) is 3.56. The molecule has 1 atom stereocenters. The second-order valence-electron chi connectivity index (χ2n) is 5.61. The van der Waals surface area contributed by atoms with Crippen molar-refractivity contribution >= 4 is 23.6 Å². The molecule has 1 unspecified atom stereocenters. The Morgan fingerprint density at radius 1 is 1.21 bits per heavy atom. The summed E-state index contributed by atoms with van der Waals surface area (Å²) < 4.78 is 0. The molecule has 0 heterocycles. The van der Waals surface area contributed by atoms with E-state index in [1.807, 2.05) is 32.0 Å². The van der Waals surface area contributed by atoms with Crippen LogP contribution in [-0.2, 0) is 16.1 Å². The number of aliphatic carboxylic acids is 1. The maximum absolute atomic E-state index is 11.9. The second-order valence-corrected chi connectivity index (χ2v) is 5.61. The number of carboxylic acids is 1. The smallest absolute Gasteiger partial charge is 0.315 e. The lowest BCUT2D eigenvalue weighted by Gasteiger charge is -2.12. The van der Waals surface area contributed by atoms with Crippen molar-refractivity contribution in [2.75, 3.05) is 11.9 Å². The minimum absolute atomic E-state index is 0.0260. The highest BCUT2D eigenvalue weighted by molar-refractivity contribution is 5.92. The second kappa shape index (κ2) is 10.3. The van der Waals surface area contributed by atoms with Crippen LogP contribution >= 0.6 is 0 Å². The zero-order valence-electron chi connectivity index (χ0n) is 14.1. The van der Waals surface area contributed by atoms with Crippen LogP contribution in [0.4, 0.5) is 10.5 Å². The van der Waals surface area contributed by atoms with Crippen LogP contribution in [0.1, 0.15) is 38.7 Å². The standard InChI is InChI=1S/C17H25N3O4/c1-3-12(2)16(23)20-14-7-4-6-13(10-14)11-19-17(24)18-9-5-8-15(21)22/h4,6-7,10,12H,3,5,8-9,11H2,1-2H3,(H,20,23)(H,21,22)(H2,18,19,24). The Hall–Kier alpha value is -2.57. The van der Waals surface area contributed by atoms with Gasteiger partial charge in [-0.15, -0.1) is 0 Å². The van der Waals surface area contributed by atoms with Gasteiger partial charge in [0.15, 0.2) is 0 Å². The van der Waals surface area contributed by atoms with Gasteiger partial charge in [-0.05, 0) is 30.5 Å². The molecule has 0 radical (unpaired) electrons. The van der Waals surface area contributed by atoms with Gasteiger partial charge in [-0.25, -0.2) is 4.79 Å². The molecule has 0 spiro atoms. The fourth-order valence-corrected chi connectivity index (χ4v) is 1.90. The molecule has 132 valence electrons. The van der Waals surface area contributed by atoms with E-state index in [4.69, 9.17) is 5.11 Å². The zero-order chi connectivity index (χ0) is 17.9. The van der Waals surface area contributed by atoms with E-state index in [9.17, 15) is 14.4 Å². The van der Waals surface area contributed by atoms with Gasteiger partial charge in [-0.2, -0.15) is 0 Å². The monoisotopic (exact) mass is 335 g/mol. The molecule has 0 saturated carbocycles. The van der Waals surface area contributed by atoms with Crippen LogP contribution in [0.5, 0.6) is 0 Å². The predicted octanol–water partition coefficient (Wildman–Crippen LogP) is 2.34. The average molecular weight is 335 g/mol. The van der Waals surface area contributed by atoms with Crippen LogP contribution in [0, 0.1) is 5.92 Å². The van der Waals surface area contributed by atoms with Crippen LogP contribution < -0.4 is 16.0 Å². The Labute approximate surface area is 141 Å². The molecule has 0 bridgehead atoms. The van der Waals surface area contributed by atoms with Crippen molar-refractivity contribution in [2.45, 2.75) is 39.7 Å². The molecular weight excluding hydrogens is 310 g/mol. The third kappa shape index (κ3) is 7.62. The van der Waals surface area contributed by atoms with Gasteiger partial charge in [-0.3, -0.25) is 9.59 Å². The minimum atomic E-state index is -0.881. The number of nitrogens with one attached hydrogen (secondary N) is 3. The van der Waals surface area contributed by atoms with Gasteiger partial charge < -0.3 is 21.1 Å². The van der Waals surface area contributed by atoms with E-state index in [1.165, 1.54) is 0 Å². The van der Waals surface area contributed by atoms with Crippen LogP contribution in [0.15, 0.2) is 24.3 Å². The Morgan fingerprint density at radius 2 is 1.96 bits per heavy atom. The number of rotatable bonds is 9. The van der Waals surface area contributed by atoms with Gasteiger partial charge in [0, 0.05) is 31.1 Å². The SMILES string of the molecule is CCC(C)C(=O)Nc1cccc(CNC(=O)NCCCC(=O)O)c1. The van der Waals surface area contributed by atoms with E-state index in [0.717, 1.165) is 12.0 Å². The molecular formula is C17H25N3O4. The van der Waals surface area contributed by atoms with Crippen molar-refractivity contribution in [3.63, 3.8) is 0 Å². The maximum Gasteiger partial charge on any atom is 0.315 e. The highest BCUT2D eigenvalue weighted by atomic mass is 16.4. The van der Waals surface area contributed by atoms with Crippen LogP contribution in [0.2, 0.25) is 0 Å². The van der Waals surface area contributed by atoms with Crippen molar-refractivity contribution in [1.82, 2.24) is 10.6 Å². The van der Waals surface area contributed by atoms with Crippen molar-refractivity contribution in [1.29, 1.82) is 0 Å². The van der Waals surface area contributed by atoms with E-state index in [2.05, 4.69) is 16.0 Å². The van der Waals surface area contributed by atoms with Crippen LogP contribution in [0.3, 0.4) is 0 Å². The molecule has 0 saturated heterocycles. The summed E-state index contributed by atoms with van der Waals surface area (Å²) in [6.45, 7) is 4.45. The molecule has 0 aromatic heterocycles. The molecule has 0 aliphatic heterocycles. The fraction of sp³-hybridized carbons (Fsp3) is 0.471. The first kappa shape index (κ1) is 19.5. The molecule has 4 N–H and O–H groups in total. The topological polar surface area (TPSA) is 108 Å². The van der Waals surface area contributed by atoms with Crippen molar-refractivity contribution in [2.24, 2.45) is 5.92 Å². The Morgan fingerprint density at radius 3 is 2.62 bits per heavy atom. The van der Waals surface area contributed by atoms with Gasteiger partial charge in [0.1, 0.15) is 0 Å². The molecule has 7 nitrogen and oxygen atoms in total. The first-order chi connectivity index (χ1) is 11.4. The average Bonchev–Trinajstić information content (AvgIpc) is 2.56. The molecule has 1 aromatic rings. The zero-order valence-corrected chi connectivity index (χ0v) is 14.1. The van der Waals surface area contributed by atoms with E-state index in [1.54, 1.807) is 6.07 Å². The Kier molecular flexibility index (Phi) is 8.32. The number of benzene rings is 1. The van der Waals surface area contributed by atoms with Gasteiger partial charge >= 0.3 is 12.0 Å². The van der Waals surface area contributed by atoms with Crippen LogP contribution in [0.25, 0.3) is 0 Å². The summed E-state index contributed by atoms with van der Waals surface area (Å²) in [4.78, 5) is 33.9. The number of carbonyl (C=O) groups is 3. The minimum Gasteiger partial charge on any atom is -0.481 e. The number of carboxylic acid groups (broad SMARTS) is 1. The molecule has 1 rings (SSSR count). The van der Waals surface area contributed by atoms with Gasteiger partial charge in [-0.1, -0.05) is 26.0 Å². The van der Waals surface area contributed by atoms with E-state index < -0.39 is 5.97 Å². The molecule has 1 aromatic carbocycles. The third-order valence-corrected chi connectivity index (χ3v) is 3.56. The highest BCUT2D eigenvalue weighted by Gasteiger charge is 2.10. The van der Waals surface area contributed by atoms with Gasteiger partial charge in [0.05, 0.1) is 0 Å². The van der Waals surface area contributed by atoms with Gasteiger partial charge in [0.25, 0.3) is 0 Å². The number of urea groups is 1. The van der Waals surface area contributed by atoms with Crippen molar-refractivity contribution in [3.05, 3.63) is 29.8 Å². The normalized spacial score (nSPS) is 11.4. The van der Waals surface area contributed by atoms with E-state index in [0.29, 0.717) is 25.2 Å². The molecule has 0 aliphatic carbocycles. The summed E-state index contributed by atoms with van der Waals surface area (Å²) in [5, 5.41) is 16.6. The van der Waals surface area contributed by atoms with Crippen LogP contribution in [-0.4, -0.2) is 29.6 Å². The summed E-state index contributed by atoms with van der Waals surface area (Å²) in [6.07, 6.45) is 1.19. The molecule has 0 fully saturated rings.